The van der Waals surface area contributed by atoms with Gasteiger partial charge in [0, 0.05) is 18.5 Å². The van der Waals surface area contributed by atoms with Gasteiger partial charge in [0.1, 0.15) is 11.4 Å². The number of fused-ring (bicyclic) bond motifs is 1. The summed E-state index contributed by atoms with van der Waals surface area (Å²) in [5.41, 5.74) is 0.207. The van der Waals surface area contributed by atoms with Crippen LogP contribution >= 0.6 is 0 Å². The Labute approximate surface area is 127 Å². The number of ether oxygens (including phenoxy) is 1. The summed E-state index contributed by atoms with van der Waals surface area (Å²) in [6.45, 7) is 3.26. The Bertz CT molecular complexity index is 686. The lowest BCUT2D eigenvalue weighted by Crippen LogP contribution is -2.80. The highest BCUT2D eigenvalue weighted by Crippen LogP contribution is 2.44. The largest absolute Gasteiger partial charge is 0.376 e. The number of carbonyl (C=O) groups is 2. The molecular weight excluding hydrogens is 287 g/mol. The molecule has 0 aliphatic carbocycles. The maximum absolute atomic E-state index is 13.4. The third-order valence-electron chi connectivity index (χ3n) is 5.42. The minimum Gasteiger partial charge on any atom is -0.376 e. The first-order chi connectivity index (χ1) is 10.5. The van der Waals surface area contributed by atoms with Gasteiger partial charge in [0.15, 0.2) is 0 Å². The first-order valence-electron chi connectivity index (χ1n) is 7.44. The number of amides is 2. The van der Waals surface area contributed by atoms with Gasteiger partial charge in [-0.15, -0.1) is 0 Å². The van der Waals surface area contributed by atoms with Gasteiger partial charge in [-0.3, -0.25) is 9.59 Å². The summed E-state index contributed by atoms with van der Waals surface area (Å²) in [7, 11) is 0. The summed E-state index contributed by atoms with van der Waals surface area (Å²) >= 11 is 0. The summed E-state index contributed by atoms with van der Waals surface area (Å²) in [5, 5.41) is 3.02. The molecule has 0 saturated carbocycles. The van der Waals surface area contributed by atoms with Gasteiger partial charge in [-0.05, 0) is 31.0 Å². The van der Waals surface area contributed by atoms with E-state index in [4.69, 9.17) is 4.74 Å². The standard InChI is InChI=1S/C16H17FN2O3/c1-15(5-4-13(20)18-16(15)8-22-9-16)19-7-10-2-3-11(17)6-12(10)14(19)21/h2-3,6H,4-5,7-9H2,1H3,(H,18,20). The fourth-order valence-electron chi connectivity index (χ4n) is 3.81. The molecule has 1 N–H and O–H groups in total. The Hall–Kier alpha value is -1.95. The van der Waals surface area contributed by atoms with Crippen molar-refractivity contribution in [3.8, 4) is 0 Å². The van der Waals surface area contributed by atoms with Crippen molar-refractivity contribution in [2.75, 3.05) is 13.2 Å². The lowest BCUT2D eigenvalue weighted by atomic mass is 9.69. The lowest BCUT2D eigenvalue weighted by Gasteiger charge is -2.59. The Kier molecular flexibility index (Phi) is 2.67. The highest BCUT2D eigenvalue weighted by atomic mass is 19.1. The maximum Gasteiger partial charge on any atom is 0.255 e. The van der Waals surface area contributed by atoms with E-state index in [0.29, 0.717) is 38.2 Å². The molecule has 0 bridgehead atoms. The monoisotopic (exact) mass is 304 g/mol. The molecular formula is C16H17FN2O3. The van der Waals surface area contributed by atoms with Crippen LogP contribution in [-0.4, -0.2) is 41.0 Å². The maximum atomic E-state index is 13.4. The van der Waals surface area contributed by atoms with E-state index in [2.05, 4.69) is 5.32 Å². The number of piperidine rings is 1. The highest BCUT2D eigenvalue weighted by Gasteiger charge is 2.61. The zero-order valence-corrected chi connectivity index (χ0v) is 12.3. The molecule has 4 rings (SSSR count). The van der Waals surface area contributed by atoms with E-state index in [1.807, 2.05) is 6.92 Å². The second-order valence-electron chi connectivity index (χ2n) is 6.59. The van der Waals surface area contributed by atoms with Gasteiger partial charge in [0.25, 0.3) is 5.91 Å². The average molecular weight is 304 g/mol. The lowest BCUT2D eigenvalue weighted by molar-refractivity contribution is -0.169. The Morgan fingerprint density at radius 1 is 1.32 bits per heavy atom. The summed E-state index contributed by atoms with van der Waals surface area (Å²) in [4.78, 5) is 26.3. The normalized spacial score (nSPS) is 29.3. The molecule has 3 aliphatic rings. The first-order valence-corrected chi connectivity index (χ1v) is 7.44. The van der Waals surface area contributed by atoms with Crippen LogP contribution in [0.25, 0.3) is 0 Å². The highest BCUT2D eigenvalue weighted by molar-refractivity contribution is 5.99. The predicted molar refractivity (Wildman–Crippen MR) is 75.6 cm³/mol. The van der Waals surface area contributed by atoms with Gasteiger partial charge >= 0.3 is 0 Å². The number of rotatable bonds is 1. The number of hydrogen-bond acceptors (Lipinski definition) is 3. The number of carbonyl (C=O) groups excluding carboxylic acids is 2. The number of benzene rings is 1. The smallest absolute Gasteiger partial charge is 0.255 e. The van der Waals surface area contributed by atoms with Crippen LogP contribution in [0.1, 0.15) is 35.7 Å². The van der Waals surface area contributed by atoms with E-state index in [9.17, 15) is 14.0 Å². The van der Waals surface area contributed by atoms with E-state index in [1.54, 1.807) is 11.0 Å². The summed E-state index contributed by atoms with van der Waals surface area (Å²) in [6, 6.07) is 4.34. The fraction of sp³-hybridized carbons (Fsp3) is 0.500. The van der Waals surface area contributed by atoms with Crippen LogP contribution in [0.2, 0.25) is 0 Å². The minimum atomic E-state index is -0.529. The van der Waals surface area contributed by atoms with Crippen LogP contribution in [0.4, 0.5) is 4.39 Å². The Balaban J connectivity index is 1.73. The predicted octanol–water partition coefficient (Wildman–Crippen LogP) is 1.22. The third kappa shape index (κ3) is 1.61. The molecule has 2 fully saturated rings. The van der Waals surface area contributed by atoms with Crippen molar-refractivity contribution in [1.82, 2.24) is 10.2 Å². The van der Waals surface area contributed by atoms with E-state index in [0.717, 1.165) is 5.56 Å². The van der Waals surface area contributed by atoms with Gasteiger partial charge in [0.2, 0.25) is 5.91 Å². The summed E-state index contributed by atoms with van der Waals surface area (Å²) in [6.07, 6.45) is 0.969. The van der Waals surface area contributed by atoms with Crippen LogP contribution in [0.3, 0.4) is 0 Å². The Morgan fingerprint density at radius 2 is 2.09 bits per heavy atom. The molecule has 22 heavy (non-hydrogen) atoms. The van der Waals surface area contributed by atoms with Crippen molar-refractivity contribution in [1.29, 1.82) is 0 Å². The molecule has 2 saturated heterocycles. The minimum absolute atomic E-state index is 0.00372. The molecule has 1 spiro atoms. The molecule has 0 radical (unpaired) electrons. The zero-order valence-electron chi connectivity index (χ0n) is 12.3. The molecule has 3 heterocycles. The molecule has 3 aliphatic heterocycles. The molecule has 6 heteroatoms. The van der Waals surface area contributed by atoms with E-state index < -0.39 is 16.9 Å². The van der Waals surface area contributed by atoms with Gasteiger partial charge in [-0.25, -0.2) is 4.39 Å². The molecule has 2 amide bonds. The topological polar surface area (TPSA) is 58.6 Å². The first kappa shape index (κ1) is 13.7. The molecule has 116 valence electrons. The van der Waals surface area contributed by atoms with Gasteiger partial charge in [0.05, 0.1) is 18.8 Å². The van der Waals surface area contributed by atoms with E-state index in [-0.39, 0.29) is 11.8 Å². The van der Waals surface area contributed by atoms with Crippen molar-refractivity contribution < 1.29 is 18.7 Å². The van der Waals surface area contributed by atoms with E-state index >= 15 is 0 Å². The van der Waals surface area contributed by atoms with Crippen molar-refractivity contribution in [2.24, 2.45) is 0 Å². The van der Waals surface area contributed by atoms with E-state index in [1.165, 1.54) is 12.1 Å². The second kappa shape index (κ2) is 4.29. The Morgan fingerprint density at radius 3 is 2.77 bits per heavy atom. The third-order valence-corrected chi connectivity index (χ3v) is 5.42. The van der Waals surface area contributed by atoms with Crippen molar-refractivity contribution in [3.05, 3.63) is 35.1 Å². The van der Waals surface area contributed by atoms with Crippen LogP contribution in [0, 0.1) is 5.82 Å². The van der Waals surface area contributed by atoms with Crippen molar-refractivity contribution in [3.63, 3.8) is 0 Å². The van der Waals surface area contributed by atoms with Crippen LogP contribution in [0.15, 0.2) is 18.2 Å². The van der Waals surface area contributed by atoms with Crippen molar-refractivity contribution >= 4 is 11.8 Å². The van der Waals surface area contributed by atoms with Crippen LogP contribution < -0.4 is 5.32 Å². The SMILES string of the molecule is CC1(N2Cc3ccc(F)cc3C2=O)CCC(=O)NC12COC2. The van der Waals surface area contributed by atoms with Gasteiger partial charge in [-0.1, -0.05) is 6.07 Å². The molecule has 1 unspecified atom stereocenters. The molecule has 1 aromatic carbocycles. The fourth-order valence-corrected chi connectivity index (χ4v) is 3.81. The summed E-state index contributed by atoms with van der Waals surface area (Å²) in [5.74, 6) is -0.576. The van der Waals surface area contributed by atoms with Gasteiger partial charge in [-0.2, -0.15) is 0 Å². The number of hydrogen-bond donors (Lipinski definition) is 1. The molecule has 5 nitrogen and oxygen atoms in total. The van der Waals surface area contributed by atoms with Crippen LogP contribution in [0.5, 0.6) is 0 Å². The molecule has 0 aromatic heterocycles. The van der Waals surface area contributed by atoms with Gasteiger partial charge < -0.3 is 15.0 Å². The van der Waals surface area contributed by atoms with Crippen LogP contribution in [-0.2, 0) is 16.1 Å². The van der Waals surface area contributed by atoms with Crippen molar-refractivity contribution in [2.45, 2.75) is 37.4 Å². The zero-order chi connectivity index (χ0) is 15.5. The average Bonchev–Trinajstić information content (AvgIpc) is 2.77. The molecule has 1 atom stereocenters. The quantitative estimate of drug-likeness (QED) is 0.848. The number of halogens is 1. The molecule has 1 aromatic rings. The number of nitrogens with zero attached hydrogens (tertiary/aromatic N) is 1. The number of nitrogens with one attached hydrogen (secondary N) is 1. The summed E-state index contributed by atoms with van der Waals surface area (Å²) < 4.78 is 18.8. The second-order valence-corrected chi connectivity index (χ2v) is 6.59.